The molecule has 1 aliphatic heterocycles. The van der Waals surface area contributed by atoms with Crippen molar-refractivity contribution in [1.82, 2.24) is 4.90 Å². The van der Waals surface area contributed by atoms with Gasteiger partial charge in [-0.1, -0.05) is 30.3 Å². The van der Waals surface area contributed by atoms with E-state index in [4.69, 9.17) is 4.74 Å². The quantitative estimate of drug-likeness (QED) is 0.848. The molecular formula is C18H19F2NO2. The van der Waals surface area contributed by atoms with Crippen molar-refractivity contribution in [3.63, 3.8) is 0 Å². The first-order valence-corrected chi connectivity index (χ1v) is 7.61. The number of hydrogen-bond acceptors (Lipinski definition) is 3. The van der Waals surface area contributed by atoms with Gasteiger partial charge in [-0.3, -0.25) is 4.90 Å². The van der Waals surface area contributed by atoms with Crippen molar-refractivity contribution < 1.29 is 18.3 Å². The molecule has 23 heavy (non-hydrogen) atoms. The molecule has 0 saturated carbocycles. The Morgan fingerprint density at radius 1 is 1.17 bits per heavy atom. The predicted octanol–water partition coefficient (Wildman–Crippen LogP) is 4.07. The van der Waals surface area contributed by atoms with Crippen LogP contribution < -0.4 is 9.47 Å². The fourth-order valence-corrected chi connectivity index (χ4v) is 2.83. The highest BCUT2D eigenvalue weighted by molar-refractivity contribution is 5.34. The van der Waals surface area contributed by atoms with Crippen LogP contribution in [0.1, 0.15) is 18.1 Å². The van der Waals surface area contributed by atoms with E-state index in [0.29, 0.717) is 0 Å². The Kier molecular flexibility index (Phi) is 4.76. The number of fused-ring (bicyclic) bond motifs is 1. The van der Waals surface area contributed by atoms with Gasteiger partial charge in [0.25, 0.3) is 0 Å². The van der Waals surface area contributed by atoms with Crippen LogP contribution in [0.25, 0.3) is 0 Å². The van der Waals surface area contributed by atoms with E-state index in [9.17, 15) is 8.78 Å². The molecule has 1 atom stereocenters. The summed E-state index contributed by atoms with van der Waals surface area (Å²) >= 11 is 0. The number of para-hydroxylation sites is 1. The molecule has 0 fully saturated rings. The summed E-state index contributed by atoms with van der Waals surface area (Å²) in [5.41, 5.74) is 2.22. The van der Waals surface area contributed by atoms with Crippen molar-refractivity contribution >= 4 is 0 Å². The van der Waals surface area contributed by atoms with Gasteiger partial charge in [0.1, 0.15) is 17.6 Å². The molecule has 0 radical (unpaired) electrons. The second-order valence-electron chi connectivity index (χ2n) is 5.73. The summed E-state index contributed by atoms with van der Waals surface area (Å²) in [6.45, 7) is 1.60. The average molecular weight is 319 g/mol. The second-order valence-corrected chi connectivity index (χ2v) is 5.73. The first kappa shape index (κ1) is 15.7. The molecule has 2 aromatic carbocycles. The minimum Gasteiger partial charge on any atom is -0.489 e. The number of rotatable bonds is 4. The summed E-state index contributed by atoms with van der Waals surface area (Å²) in [6, 6.07) is 14.8. The fraction of sp³-hybridized carbons (Fsp3) is 0.333. The van der Waals surface area contributed by atoms with Gasteiger partial charge in [-0.15, -0.1) is 0 Å². The molecule has 0 N–H and O–H groups in total. The lowest BCUT2D eigenvalue weighted by molar-refractivity contribution is -0.0498. The molecule has 3 rings (SSSR count). The number of ether oxygens (including phenoxy) is 2. The first-order chi connectivity index (χ1) is 11.1. The molecule has 0 aliphatic carbocycles. The van der Waals surface area contributed by atoms with Crippen LogP contribution in [-0.2, 0) is 13.1 Å². The number of benzene rings is 2. The Morgan fingerprint density at radius 2 is 1.91 bits per heavy atom. The van der Waals surface area contributed by atoms with Crippen molar-refractivity contribution in [2.45, 2.75) is 32.7 Å². The molecule has 0 bridgehead atoms. The molecule has 0 amide bonds. The zero-order valence-corrected chi connectivity index (χ0v) is 12.9. The van der Waals surface area contributed by atoms with E-state index in [0.717, 1.165) is 36.5 Å². The third-order valence-corrected chi connectivity index (χ3v) is 3.76. The Morgan fingerprint density at radius 3 is 2.65 bits per heavy atom. The van der Waals surface area contributed by atoms with Crippen LogP contribution >= 0.6 is 0 Å². The highest BCUT2D eigenvalue weighted by Gasteiger charge is 2.19. The average Bonchev–Trinajstić information content (AvgIpc) is 2.66. The second kappa shape index (κ2) is 6.96. The van der Waals surface area contributed by atoms with Crippen LogP contribution in [0.5, 0.6) is 11.5 Å². The fourth-order valence-electron chi connectivity index (χ4n) is 2.83. The van der Waals surface area contributed by atoms with Crippen LogP contribution in [0.3, 0.4) is 0 Å². The molecule has 1 aliphatic rings. The molecule has 1 heterocycles. The normalized spacial score (nSPS) is 18.2. The van der Waals surface area contributed by atoms with Crippen LogP contribution in [-0.4, -0.2) is 24.2 Å². The van der Waals surface area contributed by atoms with Crippen molar-refractivity contribution in [1.29, 1.82) is 0 Å². The van der Waals surface area contributed by atoms with Gasteiger partial charge in [0, 0.05) is 25.2 Å². The van der Waals surface area contributed by atoms with Gasteiger partial charge >= 0.3 is 6.61 Å². The third-order valence-electron chi connectivity index (χ3n) is 3.76. The van der Waals surface area contributed by atoms with E-state index in [1.54, 1.807) is 12.1 Å². The number of nitrogens with zero attached hydrogens (tertiary/aromatic N) is 1. The van der Waals surface area contributed by atoms with Crippen molar-refractivity contribution in [2.75, 3.05) is 6.54 Å². The van der Waals surface area contributed by atoms with Gasteiger partial charge in [0.05, 0.1) is 0 Å². The van der Waals surface area contributed by atoms with Crippen LogP contribution in [0, 0.1) is 0 Å². The van der Waals surface area contributed by atoms with E-state index >= 15 is 0 Å². The van der Waals surface area contributed by atoms with E-state index in [1.807, 2.05) is 30.3 Å². The Hall–Kier alpha value is -2.14. The van der Waals surface area contributed by atoms with Gasteiger partial charge in [0.2, 0.25) is 0 Å². The Labute approximate surface area is 134 Å². The summed E-state index contributed by atoms with van der Waals surface area (Å²) in [4.78, 5) is 2.29. The smallest absolute Gasteiger partial charge is 0.387 e. The molecular weight excluding hydrogens is 300 g/mol. The SMILES string of the molecule is CC1CN(Cc2ccc(OC(F)F)cc2)Cc2ccccc2O1. The van der Waals surface area contributed by atoms with Crippen molar-refractivity contribution in [3.8, 4) is 11.5 Å². The summed E-state index contributed by atoms with van der Waals surface area (Å²) in [7, 11) is 0. The largest absolute Gasteiger partial charge is 0.489 e. The lowest BCUT2D eigenvalue weighted by atomic mass is 10.1. The Bertz CT molecular complexity index is 646. The van der Waals surface area contributed by atoms with Gasteiger partial charge in [-0.2, -0.15) is 8.78 Å². The third kappa shape index (κ3) is 4.20. The van der Waals surface area contributed by atoms with E-state index in [2.05, 4.69) is 22.6 Å². The predicted molar refractivity (Wildman–Crippen MR) is 83.7 cm³/mol. The number of halogens is 2. The molecule has 1 unspecified atom stereocenters. The summed E-state index contributed by atoms with van der Waals surface area (Å²) in [5.74, 6) is 1.12. The molecule has 0 spiro atoms. The van der Waals surface area contributed by atoms with E-state index in [1.165, 1.54) is 0 Å². The van der Waals surface area contributed by atoms with Gasteiger partial charge in [-0.25, -0.2) is 0 Å². The number of alkyl halides is 2. The zero-order valence-electron chi connectivity index (χ0n) is 12.9. The highest BCUT2D eigenvalue weighted by atomic mass is 19.3. The standard InChI is InChI=1S/C18H19F2NO2/c1-13-10-21(12-15-4-2-3-5-17(15)22-13)11-14-6-8-16(9-7-14)23-18(19)20/h2-9,13,18H,10-12H2,1H3. The Balaban J connectivity index is 1.70. The van der Waals surface area contributed by atoms with Crippen LogP contribution in [0.2, 0.25) is 0 Å². The van der Waals surface area contributed by atoms with Crippen LogP contribution in [0.4, 0.5) is 8.78 Å². The minimum atomic E-state index is -2.79. The lowest BCUT2D eigenvalue weighted by Gasteiger charge is -2.22. The summed E-state index contributed by atoms with van der Waals surface area (Å²) < 4.78 is 34.7. The lowest BCUT2D eigenvalue weighted by Crippen LogP contribution is -2.30. The maximum atomic E-state index is 12.2. The van der Waals surface area contributed by atoms with Gasteiger partial charge in [-0.05, 0) is 30.7 Å². The summed E-state index contributed by atoms with van der Waals surface area (Å²) in [5, 5.41) is 0. The van der Waals surface area contributed by atoms with Crippen molar-refractivity contribution in [3.05, 3.63) is 59.7 Å². The van der Waals surface area contributed by atoms with Gasteiger partial charge < -0.3 is 9.47 Å². The molecule has 0 aromatic heterocycles. The minimum absolute atomic E-state index is 0.0973. The van der Waals surface area contributed by atoms with E-state index < -0.39 is 6.61 Å². The van der Waals surface area contributed by atoms with E-state index in [-0.39, 0.29) is 11.9 Å². The molecule has 122 valence electrons. The monoisotopic (exact) mass is 319 g/mol. The molecule has 5 heteroatoms. The maximum absolute atomic E-state index is 12.2. The first-order valence-electron chi connectivity index (χ1n) is 7.61. The topological polar surface area (TPSA) is 21.7 Å². The maximum Gasteiger partial charge on any atom is 0.387 e. The molecule has 2 aromatic rings. The number of hydrogen-bond donors (Lipinski definition) is 0. The molecule has 0 saturated heterocycles. The van der Waals surface area contributed by atoms with Gasteiger partial charge in [0.15, 0.2) is 0 Å². The molecule has 3 nitrogen and oxygen atoms in total. The highest BCUT2D eigenvalue weighted by Crippen LogP contribution is 2.26. The summed E-state index contributed by atoms with van der Waals surface area (Å²) in [6.07, 6.45) is 0.0973. The van der Waals surface area contributed by atoms with Crippen molar-refractivity contribution in [2.24, 2.45) is 0 Å². The zero-order chi connectivity index (χ0) is 16.2. The van der Waals surface area contributed by atoms with Crippen LogP contribution in [0.15, 0.2) is 48.5 Å².